The van der Waals surface area contributed by atoms with Crippen LogP contribution in [0, 0.1) is 0 Å². The highest BCUT2D eigenvalue weighted by molar-refractivity contribution is 9.10. The minimum absolute atomic E-state index is 0.390. The average Bonchev–Trinajstić information content (AvgIpc) is 2.42. The molecular formula is C16H17BrClN. The smallest absolute Gasteiger partial charge is 0.0648 e. The minimum atomic E-state index is 0.390. The molecule has 0 saturated carbocycles. The van der Waals surface area contributed by atoms with E-state index in [1.54, 1.807) is 0 Å². The Hall–Kier alpha value is -0.990. The maximum Gasteiger partial charge on any atom is 0.0648 e. The van der Waals surface area contributed by atoms with Gasteiger partial charge in [0.05, 0.1) is 10.7 Å². The first-order valence-corrected chi connectivity index (χ1v) is 7.61. The van der Waals surface area contributed by atoms with E-state index >= 15 is 0 Å². The van der Waals surface area contributed by atoms with Crippen molar-refractivity contribution < 1.29 is 0 Å². The summed E-state index contributed by atoms with van der Waals surface area (Å²) in [5.74, 6) is 0. The fourth-order valence-electron chi connectivity index (χ4n) is 2.02. The second kappa shape index (κ2) is 6.97. The van der Waals surface area contributed by atoms with Crippen LogP contribution in [0.5, 0.6) is 0 Å². The molecule has 0 aliphatic rings. The van der Waals surface area contributed by atoms with Gasteiger partial charge in [0.15, 0.2) is 0 Å². The zero-order valence-electron chi connectivity index (χ0n) is 10.9. The SMILES string of the molecule is CCC(Cc1ccccc1)Nc1ccc(Br)cc1Cl. The third-order valence-electron chi connectivity index (χ3n) is 3.11. The molecule has 1 atom stereocenters. The molecule has 1 N–H and O–H groups in total. The molecule has 0 aliphatic carbocycles. The fraction of sp³-hybridized carbons (Fsp3) is 0.250. The molecule has 2 rings (SSSR count). The molecule has 0 bridgehead atoms. The number of rotatable bonds is 5. The molecule has 0 heterocycles. The lowest BCUT2D eigenvalue weighted by molar-refractivity contribution is 0.690. The Bertz CT molecular complexity index is 528. The molecule has 0 saturated heterocycles. The fourth-order valence-corrected chi connectivity index (χ4v) is 2.75. The van der Waals surface area contributed by atoms with Gasteiger partial charge in [-0.3, -0.25) is 0 Å². The molecule has 2 aromatic carbocycles. The average molecular weight is 339 g/mol. The summed E-state index contributed by atoms with van der Waals surface area (Å²) >= 11 is 9.66. The topological polar surface area (TPSA) is 12.0 Å². The summed E-state index contributed by atoms with van der Waals surface area (Å²) in [6, 6.07) is 16.8. The number of nitrogens with one attached hydrogen (secondary N) is 1. The van der Waals surface area contributed by atoms with Gasteiger partial charge in [0.25, 0.3) is 0 Å². The monoisotopic (exact) mass is 337 g/mol. The summed E-state index contributed by atoms with van der Waals surface area (Å²) in [4.78, 5) is 0. The van der Waals surface area contributed by atoms with Gasteiger partial charge in [-0.1, -0.05) is 64.8 Å². The third-order valence-corrected chi connectivity index (χ3v) is 3.91. The van der Waals surface area contributed by atoms with Gasteiger partial charge in [-0.05, 0) is 36.6 Å². The first kappa shape index (κ1) is 14.4. The zero-order chi connectivity index (χ0) is 13.7. The van der Waals surface area contributed by atoms with Crippen molar-refractivity contribution in [3.63, 3.8) is 0 Å². The van der Waals surface area contributed by atoms with Gasteiger partial charge < -0.3 is 5.32 Å². The molecule has 0 amide bonds. The van der Waals surface area contributed by atoms with Crippen molar-refractivity contribution in [3.8, 4) is 0 Å². The van der Waals surface area contributed by atoms with Crippen molar-refractivity contribution in [1.82, 2.24) is 0 Å². The number of benzene rings is 2. The van der Waals surface area contributed by atoms with Gasteiger partial charge in [0.1, 0.15) is 0 Å². The molecule has 1 unspecified atom stereocenters. The predicted octanol–water partition coefficient (Wildman–Crippen LogP) is 5.54. The van der Waals surface area contributed by atoms with Crippen molar-refractivity contribution >= 4 is 33.2 Å². The molecule has 0 spiro atoms. The van der Waals surface area contributed by atoms with E-state index < -0.39 is 0 Å². The van der Waals surface area contributed by atoms with Gasteiger partial charge >= 0.3 is 0 Å². The Morgan fingerprint density at radius 1 is 1.16 bits per heavy atom. The summed E-state index contributed by atoms with van der Waals surface area (Å²) in [5.41, 5.74) is 2.34. The molecule has 0 aliphatic heterocycles. The second-order valence-electron chi connectivity index (χ2n) is 4.56. The highest BCUT2D eigenvalue weighted by Crippen LogP contribution is 2.27. The summed E-state index contributed by atoms with van der Waals surface area (Å²) in [6.45, 7) is 2.19. The molecule has 0 aromatic heterocycles. The van der Waals surface area contributed by atoms with E-state index in [4.69, 9.17) is 11.6 Å². The number of anilines is 1. The number of hydrogen-bond donors (Lipinski definition) is 1. The Morgan fingerprint density at radius 2 is 1.89 bits per heavy atom. The van der Waals surface area contributed by atoms with Crippen LogP contribution in [0.4, 0.5) is 5.69 Å². The molecule has 2 aromatic rings. The van der Waals surface area contributed by atoms with Crippen molar-refractivity contribution in [2.75, 3.05) is 5.32 Å². The lowest BCUT2D eigenvalue weighted by atomic mass is 10.0. The maximum absolute atomic E-state index is 6.24. The number of halogens is 2. The zero-order valence-corrected chi connectivity index (χ0v) is 13.2. The molecule has 100 valence electrons. The highest BCUT2D eigenvalue weighted by atomic mass is 79.9. The van der Waals surface area contributed by atoms with Gasteiger partial charge in [0, 0.05) is 10.5 Å². The van der Waals surface area contributed by atoms with Crippen molar-refractivity contribution in [3.05, 3.63) is 63.6 Å². The Morgan fingerprint density at radius 3 is 2.53 bits per heavy atom. The molecule has 0 radical (unpaired) electrons. The molecule has 19 heavy (non-hydrogen) atoms. The summed E-state index contributed by atoms with van der Waals surface area (Å²) in [7, 11) is 0. The van der Waals surface area contributed by atoms with Crippen LogP contribution in [0.2, 0.25) is 5.02 Å². The highest BCUT2D eigenvalue weighted by Gasteiger charge is 2.09. The largest absolute Gasteiger partial charge is 0.381 e. The summed E-state index contributed by atoms with van der Waals surface area (Å²) in [6.07, 6.45) is 2.06. The van der Waals surface area contributed by atoms with Gasteiger partial charge in [-0.2, -0.15) is 0 Å². The van der Waals surface area contributed by atoms with Crippen LogP contribution in [-0.4, -0.2) is 6.04 Å². The first-order chi connectivity index (χ1) is 9.19. The van der Waals surface area contributed by atoms with Crippen molar-refractivity contribution in [2.45, 2.75) is 25.8 Å². The minimum Gasteiger partial charge on any atom is -0.381 e. The summed E-state index contributed by atoms with van der Waals surface area (Å²) in [5, 5.41) is 4.27. The van der Waals surface area contributed by atoms with Crippen LogP contribution < -0.4 is 5.32 Å². The van der Waals surface area contributed by atoms with E-state index in [1.165, 1.54) is 5.56 Å². The van der Waals surface area contributed by atoms with Crippen molar-refractivity contribution in [1.29, 1.82) is 0 Å². The van der Waals surface area contributed by atoms with Crippen LogP contribution in [0.3, 0.4) is 0 Å². The first-order valence-electron chi connectivity index (χ1n) is 6.44. The van der Waals surface area contributed by atoms with E-state index in [0.29, 0.717) is 6.04 Å². The van der Waals surface area contributed by atoms with Gasteiger partial charge in [0.2, 0.25) is 0 Å². The standard InChI is InChI=1S/C16H17BrClN/c1-2-14(10-12-6-4-3-5-7-12)19-16-9-8-13(17)11-15(16)18/h3-9,11,14,19H,2,10H2,1H3. The number of hydrogen-bond acceptors (Lipinski definition) is 1. The van der Waals surface area contributed by atoms with Crippen molar-refractivity contribution in [2.24, 2.45) is 0 Å². The lowest BCUT2D eigenvalue weighted by Crippen LogP contribution is -2.21. The summed E-state index contributed by atoms with van der Waals surface area (Å²) < 4.78 is 0.999. The van der Waals surface area contributed by atoms with E-state index in [-0.39, 0.29) is 0 Å². The Balaban J connectivity index is 2.06. The van der Waals surface area contributed by atoms with Crippen LogP contribution in [0.15, 0.2) is 53.0 Å². The van der Waals surface area contributed by atoms with E-state index in [0.717, 1.165) is 28.0 Å². The quantitative estimate of drug-likeness (QED) is 0.755. The third kappa shape index (κ3) is 4.26. The second-order valence-corrected chi connectivity index (χ2v) is 5.89. The Labute approximate surface area is 128 Å². The van der Waals surface area contributed by atoms with Gasteiger partial charge in [-0.25, -0.2) is 0 Å². The normalized spacial score (nSPS) is 12.2. The van der Waals surface area contributed by atoms with Crippen LogP contribution in [-0.2, 0) is 6.42 Å². The maximum atomic E-state index is 6.24. The predicted molar refractivity (Wildman–Crippen MR) is 87.0 cm³/mol. The lowest BCUT2D eigenvalue weighted by Gasteiger charge is -2.19. The van der Waals surface area contributed by atoms with Crippen LogP contribution in [0.25, 0.3) is 0 Å². The van der Waals surface area contributed by atoms with E-state index in [9.17, 15) is 0 Å². The van der Waals surface area contributed by atoms with E-state index in [1.807, 2.05) is 24.3 Å². The molecule has 0 fully saturated rings. The Kier molecular flexibility index (Phi) is 5.29. The van der Waals surface area contributed by atoms with Crippen LogP contribution >= 0.6 is 27.5 Å². The van der Waals surface area contributed by atoms with E-state index in [2.05, 4.69) is 52.4 Å². The molecule has 1 nitrogen and oxygen atoms in total. The van der Waals surface area contributed by atoms with Gasteiger partial charge in [-0.15, -0.1) is 0 Å². The van der Waals surface area contributed by atoms with Crippen LogP contribution in [0.1, 0.15) is 18.9 Å². The molecule has 3 heteroatoms. The molecular weight excluding hydrogens is 322 g/mol.